The van der Waals surface area contributed by atoms with E-state index in [1.165, 1.54) is 35.4 Å². The van der Waals surface area contributed by atoms with Crippen LogP contribution in [0.2, 0.25) is 0 Å². The molecule has 0 N–H and O–H groups in total. The molecule has 0 bridgehead atoms. The number of fused-ring (bicyclic) bond motifs is 1. The van der Waals surface area contributed by atoms with Gasteiger partial charge in [-0.2, -0.15) is 0 Å². The number of carbonyl (C=O) groups is 1. The van der Waals surface area contributed by atoms with Crippen molar-refractivity contribution in [3.8, 4) is 0 Å². The molecule has 1 aromatic carbocycles. The molecule has 0 atom stereocenters. The summed E-state index contributed by atoms with van der Waals surface area (Å²) in [5.74, 6) is -0.616. The third-order valence-corrected chi connectivity index (χ3v) is 5.19. The molecule has 3 rings (SSSR count). The van der Waals surface area contributed by atoms with Gasteiger partial charge in [-0.1, -0.05) is 12.1 Å². The summed E-state index contributed by atoms with van der Waals surface area (Å²) in [6.07, 6.45) is 0. The number of hydrogen-bond donors (Lipinski definition) is 0. The lowest BCUT2D eigenvalue weighted by atomic mass is 10.2. The van der Waals surface area contributed by atoms with Crippen LogP contribution in [0.5, 0.6) is 0 Å². The molecular formula is C18H19BrFN5O3. The Balaban J connectivity index is 1.97. The van der Waals surface area contributed by atoms with Gasteiger partial charge in [0.15, 0.2) is 15.9 Å². The molecule has 3 aromatic rings. The van der Waals surface area contributed by atoms with E-state index < -0.39 is 11.2 Å². The molecule has 0 saturated carbocycles. The standard InChI is InChI=1S/C18H19BrFN5O3/c1-4-24(9-11-6-5-7-12(20)8-11)13(26)10-25-15-14(21-17(25)19)16(27)23(3)18(28)22(15)2/h5-8H,4,9-10H2,1-3H3. The highest BCUT2D eigenvalue weighted by Gasteiger charge is 2.21. The highest BCUT2D eigenvalue weighted by molar-refractivity contribution is 9.10. The van der Waals surface area contributed by atoms with E-state index in [-0.39, 0.29) is 40.7 Å². The molecule has 1 amide bonds. The fourth-order valence-electron chi connectivity index (χ4n) is 3.07. The zero-order valence-electron chi connectivity index (χ0n) is 15.6. The highest BCUT2D eigenvalue weighted by Crippen LogP contribution is 2.17. The van der Waals surface area contributed by atoms with Crippen molar-refractivity contribution >= 4 is 33.0 Å². The van der Waals surface area contributed by atoms with Crippen LogP contribution in [0, 0.1) is 5.82 Å². The van der Waals surface area contributed by atoms with E-state index in [4.69, 9.17) is 0 Å². The SMILES string of the molecule is CCN(Cc1cccc(F)c1)C(=O)Cn1c(Br)nc2c(=O)n(C)c(=O)n(C)c21. The molecular weight excluding hydrogens is 433 g/mol. The zero-order valence-corrected chi connectivity index (χ0v) is 17.2. The summed E-state index contributed by atoms with van der Waals surface area (Å²) in [4.78, 5) is 43.2. The van der Waals surface area contributed by atoms with Gasteiger partial charge in [0, 0.05) is 27.2 Å². The Kier molecular flexibility index (Phi) is 5.50. The molecule has 0 saturated heterocycles. The van der Waals surface area contributed by atoms with Crippen LogP contribution in [-0.2, 0) is 32.0 Å². The van der Waals surface area contributed by atoms with Gasteiger partial charge in [-0.3, -0.25) is 23.3 Å². The van der Waals surface area contributed by atoms with Crippen molar-refractivity contribution < 1.29 is 9.18 Å². The molecule has 0 spiro atoms. The van der Waals surface area contributed by atoms with Crippen molar-refractivity contribution in [1.82, 2.24) is 23.6 Å². The van der Waals surface area contributed by atoms with Crippen LogP contribution in [0.3, 0.4) is 0 Å². The molecule has 28 heavy (non-hydrogen) atoms. The number of amides is 1. The summed E-state index contributed by atoms with van der Waals surface area (Å²) < 4.78 is 17.4. The minimum absolute atomic E-state index is 0.0949. The first-order valence-corrected chi connectivity index (χ1v) is 9.37. The normalized spacial score (nSPS) is 11.2. The second kappa shape index (κ2) is 7.70. The van der Waals surface area contributed by atoms with Gasteiger partial charge in [0.1, 0.15) is 12.4 Å². The third kappa shape index (κ3) is 3.51. The Morgan fingerprint density at radius 3 is 2.61 bits per heavy atom. The van der Waals surface area contributed by atoms with E-state index in [2.05, 4.69) is 20.9 Å². The molecule has 0 aliphatic rings. The van der Waals surface area contributed by atoms with Gasteiger partial charge in [-0.15, -0.1) is 0 Å². The number of imidazole rings is 1. The molecule has 2 aromatic heterocycles. The number of likely N-dealkylation sites (N-methyl/N-ethyl adjacent to an activating group) is 1. The van der Waals surface area contributed by atoms with Gasteiger partial charge in [-0.25, -0.2) is 14.2 Å². The van der Waals surface area contributed by atoms with Crippen molar-refractivity contribution in [3.05, 3.63) is 61.2 Å². The van der Waals surface area contributed by atoms with Crippen LogP contribution in [-0.4, -0.2) is 36.0 Å². The number of benzene rings is 1. The van der Waals surface area contributed by atoms with E-state index in [0.29, 0.717) is 12.1 Å². The van der Waals surface area contributed by atoms with Crippen molar-refractivity contribution in [3.63, 3.8) is 0 Å². The van der Waals surface area contributed by atoms with E-state index in [1.807, 2.05) is 6.92 Å². The number of rotatable bonds is 5. The van der Waals surface area contributed by atoms with Gasteiger partial charge < -0.3 is 4.90 Å². The minimum Gasteiger partial charge on any atom is -0.337 e. The molecule has 0 unspecified atom stereocenters. The molecule has 2 heterocycles. The van der Waals surface area contributed by atoms with Crippen LogP contribution in [0.4, 0.5) is 4.39 Å². The predicted molar refractivity (Wildman–Crippen MR) is 105 cm³/mol. The van der Waals surface area contributed by atoms with E-state index in [1.54, 1.807) is 17.0 Å². The molecule has 0 fully saturated rings. The number of aromatic nitrogens is 4. The Labute approximate surface area is 168 Å². The monoisotopic (exact) mass is 451 g/mol. The van der Waals surface area contributed by atoms with Crippen molar-refractivity contribution in [1.29, 1.82) is 0 Å². The van der Waals surface area contributed by atoms with Crippen LogP contribution >= 0.6 is 15.9 Å². The molecule has 8 nitrogen and oxygen atoms in total. The maximum atomic E-state index is 13.4. The summed E-state index contributed by atoms with van der Waals surface area (Å²) in [6, 6.07) is 6.06. The molecule has 0 aliphatic heterocycles. The van der Waals surface area contributed by atoms with Gasteiger partial charge in [-0.05, 0) is 40.5 Å². The van der Waals surface area contributed by atoms with Crippen molar-refractivity contribution in [2.75, 3.05) is 6.54 Å². The van der Waals surface area contributed by atoms with Gasteiger partial charge >= 0.3 is 5.69 Å². The first-order valence-electron chi connectivity index (χ1n) is 8.58. The topological polar surface area (TPSA) is 82.1 Å². The second-order valence-electron chi connectivity index (χ2n) is 6.38. The van der Waals surface area contributed by atoms with Gasteiger partial charge in [0.2, 0.25) is 5.91 Å². The minimum atomic E-state index is -0.530. The smallest absolute Gasteiger partial charge is 0.332 e. The number of nitrogens with zero attached hydrogens (tertiary/aromatic N) is 5. The Hall–Kier alpha value is -2.75. The summed E-state index contributed by atoms with van der Waals surface area (Å²) in [6.45, 7) is 2.36. The lowest BCUT2D eigenvalue weighted by Crippen LogP contribution is -2.38. The molecule has 0 aliphatic carbocycles. The average Bonchev–Trinajstić information content (AvgIpc) is 2.99. The van der Waals surface area contributed by atoms with Crippen LogP contribution < -0.4 is 11.2 Å². The lowest BCUT2D eigenvalue weighted by molar-refractivity contribution is -0.132. The largest absolute Gasteiger partial charge is 0.337 e. The van der Waals surface area contributed by atoms with Crippen LogP contribution in [0.15, 0.2) is 38.6 Å². The number of aryl methyl sites for hydroxylation is 1. The van der Waals surface area contributed by atoms with Crippen molar-refractivity contribution in [2.24, 2.45) is 14.1 Å². The summed E-state index contributed by atoms with van der Waals surface area (Å²) in [5.41, 5.74) is -0.0126. The Morgan fingerprint density at radius 2 is 1.96 bits per heavy atom. The van der Waals surface area contributed by atoms with E-state index in [0.717, 1.165) is 4.57 Å². The molecule has 0 radical (unpaired) electrons. The quantitative estimate of drug-likeness (QED) is 0.548. The summed E-state index contributed by atoms with van der Waals surface area (Å²) in [7, 11) is 2.89. The first-order chi connectivity index (χ1) is 13.2. The summed E-state index contributed by atoms with van der Waals surface area (Å²) in [5, 5.41) is 0. The van der Waals surface area contributed by atoms with Gasteiger partial charge in [0.05, 0.1) is 0 Å². The maximum absolute atomic E-state index is 13.4. The number of carbonyl (C=O) groups excluding carboxylic acids is 1. The number of halogens is 2. The zero-order chi connectivity index (χ0) is 20.6. The Bertz CT molecular complexity index is 1180. The van der Waals surface area contributed by atoms with E-state index >= 15 is 0 Å². The average molecular weight is 452 g/mol. The number of hydrogen-bond acceptors (Lipinski definition) is 4. The molecule has 148 valence electrons. The Morgan fingerprint density at radius 1 is 1.25 bits per heavy atom. The summed E-state index contributed by atoms with van der Waals surface area (Å²) >= 11 is 3.27. The molecule has 10 heteroatoms. The fraction of sp³-hybridized carbons (Fsp3) is 0.333. The lowest BCUT2D eigenvalue weighted by Gasteiger charge is -2.22. The maximum Gasteiger partial charge on any atom is 0.332 e. The fourth-order valence-corrected chi connectivity index (χ4v) is 3.54. The van der Waals surface area contributed by atoms with Crippen LogP contribution in [0.25, 0.3) is 11.2 Å². The highest BCUT2D eigenvalue weighted by atomic mass is 79.9. The first kappa shape index (κ1) is 20.0. The van der Waals surface area contributed by atoms with E-state index in [9.17, 15) is 18.8 Å². The second-order valence-corrected chi connectivity index (χ2v) is 7.09. The third-order valence-electron chi connectivity index (χ3n) is 4.58. The predicted octanol–water partition coefficient (Wildman–Crippen LogP) is 1.38. The van der Waals surface area contributed by atoms with Crippen LogP contribution in [0.1, 0.15) is 12.5 Å². The van der Waals surface area contributed by atoms with Gasteiger partial charge in [0.25, 0.3) is 5.56 Å². The van der Waals surface area contributed by atoms with Crippen molar-refractivity contribution in [2.45, 2.75) is 20.0 Å².